The van der Waals surface area contributed by atoms with Gasteiger partial charge in [0.25, 0.3) is 0 Å². The molecule has 0 fully saturated rings. The Labute approximate surface area is 120 Å². The summed E-state index contributed by atoms with van der Waals surface area (Å²) in [5.74, 6) is 0.371. The Bertz CT molecular complexity index is 616. The quantitative estimate of drug-likeness (QED) is 0.828. The Morgan fingerprint density at radius 3 is 2.75 bits per heavy atom. The van der Waals surface area contributed by atoms with E-state index in [4.69, 9.17) is 14.6 Å². The fourth-order valence-electron chi connectivity index (χ4n) is 1.66. The Kier molecular flexibility index (Phi) is 4.79. The molecule has 0 aliphatic rings. The maximum absolute atomic E-state index is 10.5. The average molecular weight is 290 g/mol. The number of hydrogen-bond donors (Lipinski definition) is 1. The molecule has 0 aliphatic heterocycles. The molecule has 2 rings (SSSR count). The van der Waals surface area contributed by atoms with Gasteiger partial charge < -0.3 is 14.6 Å². The minimum absolute atomic E-state index is 0.372. The van der Waals surface area contributed by atoms with Crippen LogP contribution in [0.1, 0.15) is 10.4 Å². The molecular formula is C15H14O4S. The average Bonchev–Trinajstić information content (AvgIpc) is 2.90. The summed E-state index contributed by atoms with van der Waals surface area (Å²) in [7, 11) is 1.59. The van der Waals surface area contributed by atoms with Crippen molar-refractivity contribution in [2.24, 2.45) is 0 Å². The molecule has 0 saturated carbocycles. The van der Waals surface area contributed by atoms with Crippen LogP contribution in [-0.4, -0.2) is 18.2 Å². The number of rotatable bonds is 6. The van der Waals surface area contributed by atoms with E-state index in [1.807, 2.05) is 35.7 Å². The van der Waals surface area contributed by atoms with Crippen molar-refractivity contribution in [1.82, 2.24) is 0 Å². The summed E-state index contributed by atoms with van der Waals surface area (Å²) < 4.78 is 10.9. The van der Waals surface area contributed by atoms with Gasteiger partial charge >= 0.3 is 5.97 Å². The molecule has 5 heteroatoms. The number of carboxylic acid groups (broad SMARTS) is 1. The topological polar surface area (TPSA) is 55.8 Å². The number of para-hydroxylation sites is 2. The zero-order chi connectivity index (χ0) is 14.4. The first-order valence-corrected chi connectivity index (χ1v) is 6.82. The maximum Gasteiger partial charge on any atom is 0.328 e. The van der Waals surface area contributed by atoms with Gasteiger partial charge in [0.2, 0.25) is 0 Å². The van der Waals surface area contributed by atoms with E-state index < -0.39 is 5.97 Å². The monoisotopic (exact) mass is 290 g/mol. The van der Waals surface area contributed by atoms with Crippen LogP contribution in [0.3, 0.4) is 0 Å². The van der Waals surface area contributed by atoms with Crippen molar-refractivity contribution >= 4 is 23.4 Å². The third-order valence-electron chi connectivity index (χ3n) is 2.61. The van der Waals surface area contributed by atoms with E-state index in [2.05, 4.69) is 0 Å². The lowest BCUT2D eigenvalue weighted by Gasteiger charge is -2.09. The lowest BCUT2D eigenvalue weighted by Crippen LogP contribution is -1.97. The van der Waals surface area contributed by atoms with Gasteiger partial charge in [0.1, 0.15) is 6.61 Å². The molecule has 0 saturated heterocycles. The van der Waals surface area contributed by atoms with Crippen LogP contribution >= 0.6 is 11.3 Å². The van der Waals surface area contributed by atoms with Crippen molar-refractivity contribution in [1.29, 1.82) is 0 Å². The summed E-state index contributed by atoms with van der Waals surface area (Å²) >= 11 is 1.52. The number of thiophene rings is 1. The third-order valence-corrected chi connectivity index (χ3v) is 3.52. The normalized spacial score (nSPS) is 10.7. The molecular weight excluding hydrogens is 276 g/mol. The van der Waals surface area contributed by atoms with Gasteiger partial charge in [-0.05, 0) is 35.2 Å². The van der Waals surface area contributed by atoms with Gasteiger partial charge in [0.15, 0.2) is 11.5 Å². The Morgan fingerprint density at radius 2 is 2.05 bits per heavy atom. The summed E-state index contributed by atoms with van der Waals surface area (Å²) in [5, 5.41) is 10.6. The molecule has 0 spiro atoms. The first-order valence-electron chi connectivity index (χ1n) is 5.94. The van der Waals surface area contributed by atoms with Gasteiger partial charge in [-0.3, -0.25) is 0 Å². The van der Waals surface area contributed by atoms with Crippen molar-refractivity contribution in [2.75, 3.05) is 7.11 Å². The van der Waals surface area contributed by atoms with Gasteiger partial charge in [-0.15, -0.1) is 11.3 Å². The molecule has 20 heavy (non-hydrogen) atoms. The summed E-state index contributed by atoms with van der Waals surface area (Å²) in [6, 6.07) is 9.27. The summed E-state index contributed by atoms with van der Waals surface area (Å²) in [5.41, 5.74) is 0.854. The summed E-state index contributed by atoms with van der Waals surface area (Å²) in [6.45, 7) is 0.372. The van der Waals surface area contributed by atoms with E-state index in [1.165, 1.54) is 11.3 Å². The molecule has 0 unspecified atom stereocenters. The minimum Gasteiger partial charge on any atom is -0.493 e. The predicted octanol–water partition coefficient (Wildman–Crippen LogP) is 3.43. The molecule has 0 aliphatic carbocycles. The maximum atomic E-state index is 10.5. The molecule has 0 bridgehead atoms. The lowest BCUT2D eigenvalue weighted by atomic mass is 10.2. The number of carboxylic acids is 1. The number of carbonyl (C=O) groups is 1. The fraction of sp³-hybridized carbons (Fsp3) is 0.133. The van der Waals surface area contributed by atoms with Crippen LogP contribution in [0.25, 0.3) is 6.08 Å². The largest absolute Gasteiger partial charge is 0.493 e. The van der Waals surface area contributed by atoms with Crippen LogP contribution in [0.15, 0.2) is 41.8 Å². The molecule has 0 amide bonds. The highest BCUT2D eigenvalue weighted by Gasteiger charge is 2.06. The highest BCUT2D eigenvalue weighted by molar-refractivity contribution is 7.10. The van der Waals surface area contributed by atoms with E-state index in [0.29, 0.717) is 18.1 Å². The van der Waals surface area contributed by atoms with Crippen LogP contribution in [0, 0.1) is 0 Å². The standard InChI is InChI=1S/C15H14O4S/c1-18-12-4-2-3-5-13(12)19-10-14-11(8-9-20-14)6-7-15(16)17/h2-9H,10H2,1H3,(H,16,17). The number of ether oxygens (including phenoxy) is 2. The molecule has 0 radical (unpaired) electrons. The Balaban J connectivity index is 2.08. The van der Waals surface area contributed by atoms with Crippen LogP contribution in [-0.2, 0) is 11.4 Å². The Hall–Kier alpha value is -2.27. The molecule has 1 aromatic carbocycles. The highest BCUT2D eigenvalue weighted by Crippen LogP contribution is 2.28. The van der Waals surface area contributed by atoms with Crippen LogP contribution in [0.4, 0.5) is 0 Å². The zero-order valence-electron chi connectivity index (χ0n) is 10.9. The van der Waals surface area contributed by atoms with E-state index >= 15 is 0 Å². The number of aliphatic carboxylic acids is 1. The molecule has 1 heterocycles. The van der Waals surface area contributed by atoms with Crippen LogP contribution in [0.5, 0.6) is 11.5 Å². The van der Waals surface area contributed by atoms with Crippen LogP contribution < -0.4 is 9.47 Å². The van der Waals surface area contributed by atoms with Gasteiger partial charge in [0.05, 0.1) is 7.11 Å². The zero-order valence-corrected chi connectivity index (χ0v) is 11.7. The SMILES string of the molecule is COc1ccccc1OCc1sccc1C=CC(=O)O. The third kappa shape index (κ3) is 3.61. The second-order valence-corrected chi connectivity index (χ2v) is 4.91. The number of hydrogen-bond acceptors (Lipinski definition) is 4. The van der Waals surface area contributed by atoms with Gasteiger partial charge in [-0.25, -0.2) is 4.79 Å². The van der Waals surface area contributed by atoms with E-state index in [1.54, 1.807) is 13.2 Å². The van der Waals surface area contributed by atoms with Gasteiger partial charge in [0, 0.05) is 11.0 Å². The summed E-state index contributed by atoms with van der Waals surface area (Å²) in [6.07, 6.45) is 2.69. The smallest absolute Gasteiger partial charge is 0.328 e. The molecule has 4 nitrogen and oxygen atoms in total. The van der Waals surface area contributed by atoms with Crippen molar-refractivity contribution in [3.8, 4) is 11.5 Å². The van der Waals surface area contributed by atoms with Crippen molar-refractivity contribution < 1.29 is 19.4 Å². The molecule has 1 aromatic heterocycles. The lowest BCUT2D eigenvalue weighted by molar-refractivity contribution is -0.131. The Morgan fingerprint density at radius 1 is 1.30 bits per heavy atom. The molecule has 2 aromatic rings. The van der Waals surface area contributed by atoms with Crippen molar-refractivity contribution in [2.45, 2.75) is 6.61 Å². The van der Waals surface area contributed by atoms with E-state index in [0.717, 1.165) is 16.5 Å². The molecule has 1 N–H and O–H groups in total. The van der Waals surface area contributed by atoms with Crippen molar-refractivity contribution in [3.63, 3.8) is 0 Å². The second-order valence-electron chi connectivity index (χ2n) is 3.91. The number of benzene rings is 1. The minimum atomic E-state index is -0.965. The first-order chi connectivity index (χ1) is 9.70. The first kappa shape index (κ1) is 14.1. The number of methoxy groups -OCH3 is 1. The van der Waals surface area contributed by atoms with E-state index in [-0.39, 0.29) is 0 Å². The summed E-state index contributed by atoms with van der Waals surface area (Å²) in [4.78, 5) is 11.5. The van der Waals surface area contributed by atoms with Gasteiger partial charge in [-0.2, -0.15) is 0 Å². The van der Waals surface area contributed by atoms with Crippen LogP contribution in [0.2, 0.25) is 0 Å². The highest BCUT2D eigenvalue weighted by atomic mass is 32.1. The molecule has 104 valence electrons. The van der Waals surface area contributed by atoms with E-state index in [9.17, 15) is 4.79 Å². The fourth-order valence-corrected chi connectivity index (χ4v) is 2.44. The van der Waals surface area contributed by atoms with Crippen molar-refractivity contribution in [3.05, 3.63) is 52.2 Å². The van der Waals surface area contributed by atoms with Gasteiger partial charge in [-0.1, -0.05) is 12.1 Å². The second kappa shape index (κ2) is 6.77. The molecule has 0 atom stereocenters. The predicted molar refractivity (Wildman–Crippen MR) is 78.3 cm³/mol.